The van der Waals surface area contributed by atoms with Crippen molar-refractivity contribution in [1.82, 2.24) is 15.1 Å². The Hall–Kier alpha value is -1.56. The van der Waals surface area contributed by atoms with Crippen LogP contribution < -0.4 is 5.32 Å². The second-order valence-electron chi connectivity index (χ2n) is 6.52. The van der Waals surface area contributed by atoms with E-state index in [1.165, 1.54) is 6.42 Å². The summed E-state index contributed by atoms with van der Waals surface area (Å²) in [6.45, 7) is 4.87. The molecule has 1 aromatic carbocycles. The van der Waals surface area contributed by atoms with Gasteiger partial charge in [-0.1, -0.05) is 35.9 Å². The molecule has 136 valence electrons. The zero-order valence-electron chi connectivity index (χ0n) is 15.0. The van der Waals surface area contributed by atoms with Crippen LogP contribution >= 0.6 is 11.6 Å². The van der Waals surface area contributed by atoms with Crippen LogP contribution in [0.25, 0.3) is 0 Å². The second kappa shape index (κ2) is 8.70. The van der Waals surface area contributed by atoms with Gasteiger partial charge in [0, 0.05) is 57.9 Å². The molecule has 6 heteroatoms. The molecule has 1 N–H and O–H groups in total. The van der Waals surface area contributed by atoms with Gasteiger partial charge in [0.15, 0.2) is 5.96 Å². The highest BCUT2D eigenvalue weighted by Crippen LogP contribution is 2.21. The Morgan fingerprint density at radius 1 is 1.40 bits per heavy atom. The largest absolute Gasteiger partial charge is 0.375 e. The van der Waals surface area contributed by atoms with Crippen LogP contribution in [0.3, 0.4) is 0 Å². The Morgan fingerprint density at radius 3 is 2.88 bits per heavy atom. The molecule has 2 atom stereocenters. The summed E-state index contributed by atoms with van der Waals surface area (Å²) in [5.74, 6) is 0.943. The predicted octanol–water partition coefficient (Wildman–Crippen LogP) is 2.55. The number of hydrogen-bond donors (Lipinski definition) is 1. The van der Waals surface area contributed by atoms with E-state index in [1.807, 2.05) is 31.3 Å². The van der Waals surface area contributed by atoms with Crippen LogP contribution in [0.5, 0.6) is 0 Å². The molecule has 0 saturated carbocycles. The molecule has 1 aromatic rings. The topological polar surface area (TPSA) is 40.1 Å². The van der Waals surface area contributed by atoms with Crippen molar-refractivity contribution in [2.24, 2.45) is 4.99 Å². The number of nitrogens with zero attached hydrogens (tertiary/aromatic N) is 3. The summed E-state index contributed by atoms with van der Waals surface area (Å²) in [5, 5.41) is 4.19. The van der Waals surface area contributed by atoms with Crippen molar-refractivity contribution in [2.75, 3.05) is 46.9 Å². The van der Waals surface area contributed by atoms with Crippen molar-refractivity contribution >= 4 is 17.6 Å². The van der Waals surface area contributed by atoms with Gasteiger partial charge < -0.3 is 15.0 Å². The van der Waals surface area contributed by atoms with Crippen LogP contribution in [0.15, 0.2) is 41.4 Å². The van der Waals surface area contributed by atoms with Gasteiger partial charge in [-0.3, -0.25) is 9.89 Å². The minimum atomic E-state index is -0.0587. The SMILES string of the molecule is CN=C(NCC(OC)c1cccc(Cl)c1)N1CCC(N2CC=CC2)C1. The molecule has 0 aromatic heterocycles. The molecule has 0 amide bonds. The van der Waals surface area contributed by atoms with Crippen LogP contribution in [0.2, 0.25) is 5.02 Å². The lowest BCUT2D eigenvalue weighted by Crippen LogP contribution is -2.44. The maximum Gasteiger partial charge on any atom is 0.193 e. The van der Waals surface area contributed by atoms with Gasteiger partial charge in [0.1, 0.15) is 0 Å². The summed E-state index contributed by atoms with van der Waals surface area (Å²) in [6.07, 6.45) is 5.63. The molecule has 0 spiro atoms. The molecule has 2 unspecified atom stereocenters. The predicted molar refractivity (Wildman–Crippen MR) is 103 cm³/mol. The summed E-state index contributed by atoms with van der Waals surface area (Å²) in [5.41, 5.74) is 1.07. The molecule has 5 nitrogen and oxygen atoms in total. The lowest BCUT2D eigenvalue weighted by atomic mass is 10.1. The monoisotopic (exact) mass is 362 g/mol. The van der Waals surface area contributed by atoms with Crippen molar-refractivity contribution in [3.05, 3.63) is 47.0 Å². The molecule has 2 aliphatic rings. The van der Waals surface area contributed by atoms with E-state index in [1.54, 1.807) is 7.11 Å². The number of guanidine groups is 1. The van der Waals surface area contributed by atoms with E-state index < -0.39 is 0 Å². The number of likely N-dealkylation sites (tertiary alicyclic amines) is 1. The number of rotatable bonds is 5. The van der Waals surface area contributed by atoms with Gasteiger partial charge in [-0.2, -0.15) is 0 Å². The number of nitrogens with one attached hydrogen (secondary N) is 1. The first-order valence-corrected chi connectivity index (χ1v) is 9.22. The summed E-state index contributed by atoms with van der Waals surface area (Å²) >= 11 is 6.10. The molecule has 3 rings (SSSR count). The van der Waals surface area contributed by atoms with Crippen LogP contribution in [-0.2, 0) is 4.74 Å². The Balaban J connectivity index is 1.55. The maximum atomic E-state index is 6.10. The molecule has 2 heterocycles. The van der Waals surface area contributed by atoms with E-state index in [2.05, 4.69) is 32.3 Å². The fraction of sp³-hybridized carbons (Fsp3) is 0.526. The Labute approximate surface area is 155 Å². The highest BCUT2D eigenvalue weighted by molar-refractivity contribution is 6.30. The highest BCUT2D eigenvalue weighted by Gasteiger charge is 2.29. The quantitative estimate of drug-likeness (QED) is 0.496. The summed E-state index contributed by atoms with van der Waals surface area (Å²) in [4.78, 5) is 9.33. The van der Waals surface area contributed by atoms with Crippen LogP contribution in [0, 0.1) is 0 Å². The lowest BCUT2D eigenvalue weighted by Gasteiger charge is -2.26. The van der Waals surface area contributed by atoms with Gasteiger partial charge in [0.25, 0.3) is 0 Å². The Morgan fingerprint density at radius 2 is 2.20 bits per heavy atom. The standard InChI is InChI=1S/C19H27ClN4O/c1-21-19(24-11-8-17(14-24)23-9-3-4-10-23)22-13-18(25-2)15-6-5-7-16(20)12-15/h3-7,12,17-18H,8-11,13-14H2,1-2H3,(H,21,22). The van der Waals surface area contributed by atoms with Gasteiger partial charge in [-0.15, -0.1) is 0 Å². The Bertz CT molecular complexity index is 626. The minimum Gasteiger partial charge on any atom is -0.375 e. The van der Waals surface area contributed by atoms with E-state index in [0.29, 0.717) is 12.6 Å². The molecule has 0 bridgehead atoms. The number of halogens is 1. The van der Waals surface area contributed by atoms with Gasteiger partial charge in [0.2, 0.25) is 0 Å². The van der Waals surface area contributed by atoms with Crippen molar-refractivity contribution in [1.29, 1.82) is 0 Å². The fourth-order valence-corrected chi connectivity index (χ4v) is 3.78. The van der Waals surface area contributed by atoms with E-state index in [-0.39, 0.29) is 6.10 Å². The number of benzene rings is 1. The number of hydrogen-bond acceptors (Lipinski definition) is 3. The molecule has 1 saturated heterocycles. The zero-order valence-corrected chi connectivity index (χ0v) is 15.7. The molecule has 2 aliphatic heterocycles. The summed E-state index contributed by atoms with van der Waals surface area (Å²) in [6, 6.07) is 8.43. The molecule has 0 aliphatic carbocycles. The van der Waals surface area contributed by atoms with Crippen LogP contribution in [0.4, 0.5) is 0 Å². The zero-order chi connectivity index (χ0) is 17.6. The van der Waals surface area contributed by atoms with Crippen molar-refractivity contribution < 1.29 is 4.74 Å². The van der Waals surface area contributed by atoms with Gasteiger partial charge in [-0.25, -0.2) is 0 Å². The van der Waals surface area contributed by atoms with Gasteiger partial charge in [-0.05, 0) is 24.1 Å². The maximum absolute atomic E-state index is 6.10. The molecular formula is C19H27ClN4O. The summed E-state index contributed by atoms with van der Waals surface area (Å²) in [7, 11) is 3.57. The van der Waals surface area contributed by atoms with E-state index in [4.69, 9.17) is 16.3 Å². The van der Waals surface area contributed by atoms with Gasteiger partial charge in [0.05, 0.1) is 6.10 Å². The third-order valence-corrected chi connectivity index (χ3v) is 5.22. The first kappa shape index (κ1) is 18.2. The lowest BCUT2D eigenvalue weighted by molar-refractivity contribution is 0.106. The molecule has 25 heavy (non-hydrogen) atoms. The number of methoxy groups -OCH3 is 1. The first-order chi connectivity index (χ1) is 12.2. The third-order valence-electron chi connectivity index (χ3n) is 4.99. The smallest absolute Gasteiger partial charge is 0.193 e. The third kappa shape index (κ3) is 4.54. The molecule has 1 fully saturated rings. The van der Waals surface area contributed by atoms with Crippen molar-refractivity contribution in [3.63, 3.8) is 0 Å². The molecule has 0 radical (unpaired) electrons. The average molecular weight is 363 g/mol. The van der Waals surface area contributed by atoms with E-state index >= 15 is 0 Å². The van der Waals surface area contributed by atoms with Crippen LogP contribution in [0.1, 0.15) is 18.1 Å². The van der Waals surface area contributed by atoms with Crippen molar-refractivity contribution in [2.45, 2.75) is 18.6 Å². The number of ether oxygens (including phenoxy) is 1. The summed E-state index contributed by atoms with van der Waals surface area (Å²) < 4.78 is 5.64. The van der Waals surface area contributed by atoms with Crippen molar-refractivity contribution in [3.8, 4) is 0 Å². The van der Waals surface area contributed by atoms with Crippen LogP contribution in [-0.4, -0.2) is 68.7 Å². The molecular weight excluding hydrogens is 336 g/mol. The first-order valence-electron chi connectivity index (χ1n) is 8.84. The minimum absolute atomic E-state index is 0.0587. The fourth-order valence-electron chi connectivity index (χ4n) is 3.59. The van der Waals surface area contributed by atoms with E-state index in [9.17, 15) is 0 Å². The second-order valence-corrected chi connectivity index (χ2v) is 6.96. The normalized spacial score (nSPS) is 22.6. The van der Waals surface area contributed by atoms with E-state index in [0.717, 1.165) is 42.7 Å². The van der Waals surface area contributed by atoms with Gasteiger partial charge >= 0.3 is 0 Å². The highest BCUT2D eigenvalue weighted by atomic mass is 35.5. The number of aliphatic imine (C=N–C) groups is 1. The average Bonchev–Trinajstić information content (AvgIpc) is 3.30. The Kier molecular flexibility index (Phi) is 6.34.